The molecule has 0 spiro atoms. The van der Waals surface area contributed by atoms with Gasteiger partial charge in [-0.15, -0.1) is 0 Å². The van der Waals surface area contributed by atoms with Gasteiger partial charge in [0, 0.05) is 42.7 Å². The van der Waals surface area contributed by atoms with E-state index in [9.17, 15) is 0 Å². The molecule has 6 heteroatoms. The first kappa shape index (κ1) is 14.4. The van der Waals surface area contributed by atoms with Gasteiger partial charge in [-0.05, 0) is 31.9 Å². The summed E-state index contributed by atoms with van der Waals surface area (Å²) in [5.74, 6) is 2.65. The second kappa shape index (κ2) is 6.12. The van der Waals surface area contributed by atoms with E-state index in [1.165, 1.54) is 12.8 Å². The number of aromatic nitrogens is 3. The van der Waals surface area contributed by atoms with Crippen LogP contribution in [-0.2, 0) is 4.74 Å². The van der Waals surface area contributed by atoms with Gasteiger partial charge in [0.05, 0.1) is 13.2 Å². The average Bonchev–Trinajstić information content (AvgIpc) is 3.42. The Kier molecular flexibility index (Phi) is 3.83. The Labute approximate surface area is 135 Å². The van der Waals surface area contributed by atoms with Crippen LogP contribution in [-0.4, -0.2) is 47.3 Å². The number of aryl methyl sites for hydroxylation is 1. The maximum Gasteiger partial charge on any atom is 0.163 e. The molecule has 2 aromatic rings. The van der Waals surface area contributed by atoms with Gasteiger partial charge >= 0.3 is 0 Å². The summed E-state index contributed by atoms with van der Waals surface area (Å²) in [4.78, 5) is 15.9. The second-order valence-corrected chi connectivity index (χ2v) is 6.15. The van der Waals surface area contributed by atoms with Gasteiger partial charge in [0.2, 0.25) is 0 Å². The number of ether oxygens (including phenoxy) is 1. The third kappa shape index (κ3) is 3.27. The van der Waals surface area contributed by atoms with Gasteiger partial charge in [0.15, 0.2) is 5.82 Å². The maximum atomic E-state index is 5.38. The third-order valence-corrected chi connectivity index (χ3v) is 4.23. The average molecular weight is 311 g/mol. The van der Waals surface area contributed by atoms with Crippen LogP contribution in [0.4, 0.5) is 11.6 Å². The van der Waals surface area contributed by atoms with Crippen LogP contribution in [0.15, 0.2) is 24.5 Å². The van der Waals surface area contributed by atoms with Gasteiger partial charge in [0.1, 0.15) is 11.6 Å². The van der Waals surface area contributed by atoms with Crippen LogP contribution in [0.2, 0.25) is 0 Å². The number of anilines is 2. The first-order chi connectivity index (χ1) is 11.3. The number of nitrogens with zero attached hydrogens (tertiary/aromatic N) is 4. The van der Waals surface area contributed by atoms with Crippen molar-refractivity contribution >= 4 is 11.6 Å². The number of rotatable bonds is 4. The Morgan fingerprint density at radius 2 is 1.96 bits per heavy atom. The van der Waals surface area contributed by atoms with Crippen molar-refractivity contribution in [3.05, 3.63) is 30.1 Å². The first-order valence-electron chi connectivity index (χ1n) is 8.19. The highest BCUT2D eigenvalue weighted by Crippen LogP contribution is 2.26. The minimum Gasteiger partial charge on any atom is -0.378 e. The summed E-state index contributed by atoms with van der Waals surface area (Å²) in [6.45, 7) is 5.35. The number of nitrogens with one attached hydrogen (secondary N) is 1. The minimum absolute atomic E-state index is 0.582. The quantitative estimate of drug-likeness (QED) is 0.934. The maximum absolute atomic E-state index is 5.38. The van der Waals surface area contributed by atoms with Crippen LogP contribution in [0, 0.1) is 6.92 Å². The number of hydrogen-bond acceptors (Lipinski definition) is 6. The molecular formula is C17H21N5O. The van der Waals surface area contributed by atoms with E-state index in [0.717, 1.165) is 54.9 Å². The van der Waals surface area contributed by atoms with Gasteiger partial charge < -0.3 is 15.0 Å². The molecule has 0 atom stereocenters. The highest BCUT2D eigenvalue weighted by atomic mass is 16.5. The normalized spacial score (nSPS) is 18.0. The summed E-state index contributed by atoms with van der Waals surface area (Å²) in [5, 5.41) is 3.46. The summed E-state index contributed by atoms with van der Waals surface area (Å²) < 4.78 is 5.38. The Hall–Kier alpha value is -2.21. The van der Waals surface area contributed by atoms with Gasteiger partial charge in [-0.2, -0.15) is 0 Å². The van der Waals surface area contributed by atoms with Crippen molar-refractivity contribution in [1.82, 2.24) is 15.0 Å². The van der Waals surface area contributed by atoms with Crippen molar-refractivity contribution in [3.8, 4) is 11.4 Å². The molecule has 1 N–H and O–H groups in total. The molecule has 120 valence electrons. The van der Waals surface area contributed by atoms with Crippen molar-refractivity contribution in [1.29, 1.82) is 0 Å². The Morgan fingerprint density at radius 3 is 2.65 bits per heavy atom. The van der Waals surface area contributed by atoms with E-state index in [1.807, 2.05) is 31.5 Å². The third-order valence-electron chi connectivity index (χ3n) is 4.23. The van der Waals surface area contributed by atoms with Crippen LogP contribution in [0.1, 0.15) is 18.4 Å². The van der Waals surface area contributed by atoms with E-state index in [-0.39, 0.29) is 0 Å². The lowest BCUT2D eigenvalue weighted by Crippen LogP contribution is -2.36. The lowest BCUT2D eigenvalue weighted by Gasteiger charge is -2.27. The SMILES string of the molecule is Cc1cnc(-c2ccc(N3CCOCC3)nc2)nc1NC1CC1. The lowest BCUT2D eigenvalue weighted by atomic mass is 10.2. The predicted octanol–water partition coefficient (Wildman–Crippen LogP) is 2.26. The molecule has 2 aromatic heterocycles. The summed E-state index contributed by atoms with van der Waals surface area (Å²) in [6, 6.07) is 4.67. The molecule has 1 saturated heterocycles. The van der Waals surface area contributed by atoms with Gasteiger partial charge in [0.25, 0.3) is 0 Å². The number of pyridine rings is 1. The van der Waals surface area contributed by atoms with E-state index in [4.69, 9.17) is 4.74 Å². The van der Waals surface area contributed by atoms with Crippen LogP contribution in [0.5, 0.6) is 0 Å². The molecule has 2 aliphatic rings. The van der Waals surface area contributed by atoms with Crippen molar-refractivity contribution in [2.75, 3.05) is 36.5 Å². The minimum atomic E-state index is 0.582. The summed E-state index contributed by atoms with van der Waals surface area (Å²) >= 11 is 0. The van der Waals surface area contributed by atoms with E-state index in [2.05, 4.69) is 25.2 Å². The fourth-order valence-electron chi connectivity index (χ4n) is 2.65. The molecule has 0 radical (unpaired) electrons. The van der Waals surface area contributed by atoms with Crippen molar-refractivity contribution in [2.24, 2.45) is 0 Å². The van der Waals surface area contributed by atoms with Crippen LogP contribution >= 0.6 is 0 Å². The number of morpholine rings is 1. The summed E-state index contributed by atoms with van der Waals surface area (Å²) in [6.07, 6.45) is 6.20. The van der Waals surface area contributed by atoms with Crippen molar-refractivity contribution < 1.29 is 4.74 Å². The van der Waals surface area contributed by atoms with Crippen LogP contribution < -0.4 is 10.2 Å². The van der Waals surface area contributed by atoms with Gasteiger partial charge in [-0.3, -0.25) is 0 Å². The Balaban J connectivity index is 1.55. The molecule has 0 aromatic carbocycles. The summed E-state index contributed by atoms with van der Waals surface area (Å²) in [7, 11) is 0. The molecule has 6 nitrogen and oxygen atoms in total. The molecule has 0 unspecified atom stereocenters. The lowest BCUT2D eigenvalue weighted by molar-refractivity contribution is 0.122. The molecule has 3 heterocycles. The molecule has 1 aliphatic carbocycles. The van der Waals surface area contributed by atoms with E-state index in [1.54, 1.807) is 0 Å². The van der Waals surface area contributed by atoms with Gasteiger partial charge in [-0.25, -0.2) is 15.0 Å². The highest BCUT2D eigenvalue weighted by molar-refractivity contribution is 5.59. The largest absolute Gasteiger partial charge is 0.378 e. The van der Waals surface area contributed by atoms with Crippen LogP contribution in [0.25, 0.3) is 11.4 Å². The topological polar surface area (TPSA) is 63.2 Å². The van der Waals surface area contributed by atoms with Crippen molar-refractivity contribution in [2.45, 2.75) is 25.8 Å². The fourth-order valence-corrected chi connectivity index (χ4v) is 2.65. The molecule has 0 bridgehead atoms. The zero-order chi connectivity index (χ0) is 15.6. The molecule has 2 fully saturated rings. The predicted molar refractivity (Wildman–Crippen MR) is 89.7 cm³/mol. The molecular weight excluding hydrogens is 290 g/mol. The van der Waals surface area contributed by atoms with E-state index in [0.29, 0.717) is 6.04 Å². The zero-order valence-electron chi connectivity index (χ0n) is 13.3. The monoisotopic (exact) mass is 311 g/mol. The second-order valence-electron chi connectivity index (χ2n) is 6.15. The molecule has 4 rings (SSSR count). The Morgan fingerprint density at radius 1 is 1.13 bits per heavy atom. The molecule has 23 heavy (non-hydrogen) atoms. The number of hydrogen-bond donors (Lipinski definition) is 1. The standard InChI is InChI=1S/C17H21N5O/c1-12-10-19-17(21-16(12)20-14-3-4-14)13-2-5-15(18-11-13)22-6-8-23-9-7-22/h2,5,10-11,14H,3-4,6-9H2,1H3,(H,19,20,21). The fraction of sp³-hybridized carbons (Fsp3) is 0.471. The molecule has 1 saturated carbocycles. The van der Waals surface area contributed by atoms with E-state index >= 15 is 0 Å². The highest BCUT2D eigenvalue weighted by Gasteiger charge is 2.22. The van der Waals surface area contributed by atoms with Crippen molar-refractivity contribution in [3.63, 3.8) is 0 Å². The molecule has 0 amide bonds. The Bertz CT molecular complexity index is 678. The van der Waals surface area contributed by atoms with E-state index < -0.39 is 0 Å². The zero-order valence-corrected chi connectivity index (χ0v) is 13.3. The first-order valence-corrected chi connectivity index (χ1v) is 8.19. The smallest absolute Gasteiger partial charge is 0.163 e. The summed E-state index contributed by atoms with van der Waals surface area (Å²) in [5.41, 5.74) is 2.03. The molecule has 1 aliphatic heterocycles. The van der Waals surface area contributed by atoms with Crippen LogP contribution in [0.3, 0.4) is 0 Å². The van der Waals surface area contributed by atoms with Gasteiger partial charge in [-0.1, -0.05) is 0 Å².